The SMILES string of the molecule is COc1ccc(-c2n[nH]c(CNC(=O)CSc3ccc(C(F)(F)F)cn3)n2)cc1. The van der Waals surface area contributed by atoms with E-state index >= 15 is 0 Å². The Morgan fingerprint density at radius 2 is 1.97 bits per heavy atom. The fraction of sp³-hybridized carbons (Fsp3) is 0.222. The van der Waals surface area contributed by atoms with Gasteiger partial charge in [0.2, 0.25) is 5.91 Å². The maximum Gasteiger partial charge on any atom is 0.417 e. The van der Waals surface area contributed by atoms with Gasteiger partial charge in [0, 0.05) is 11.8 Å². The second kappa shape index (κ2) is 8.95. The van der Waals surface area contributed by atoms with Crippen LogP contribution in [0.3, 0.4) is 0 Å². The van der Waals surface area contributed by atoms with Gasteiger partial charge in [-0.15, -0.1) is 0 Å². The van der Waals surface area contributed by atoms with Crippen LogP contribution in [0, 0.1) is 0 Å². The Labute approximate surface area is 168 Å². The van der Waals surface area contributed by atoms with Crippen LogP contribution in [-0.2, 0) is 17.5 Å². The van der Waals surface area contributed by atoms with Crippen molar-refractivity contribution in [2.24, 2.45) is 0 Å². The molecule has 0 aliphatic rings. The Morgan fingerprint density at radius 1 is 1.21 bits per heavy atom. The van der Waals surface area contributed by atoms with Crippen molar-refractivity contribution in [3.8, 4) is 17.1 Å². The molecule has 2 aromatic heterocycles. The molecule has 7 nitrogen and oxygen atoms in total. The number of carbonyl (C=O) groups is 1. The second-order valence-electron chi connectivity index (χ2n) is 5.78. The maximum atomic E-state index is 12.5. The minimum absolute atomic E-state index is 0.0117. The van der Waals surface area contributed by atoms with Crippen LogP contribution in [0.1, 0.15) is 11.4 Å². The highest BCUT2D eigenvalue weighted by atomic mass is 32.2. The average Bonchev–Trinajstić information content (AvgIpc) is 3.19. The molecular formula is C18H16F3N5O2S. The van der Waals surface area contributed by atoms with Crippen LogP contribution in [-0.4, -0.2) is 38.9 Å². The Kier molecular flexibility index (Phi) is 6.37. The van der Waals surface area contributed by atoms with Crippen molar-refractivity contribution in [1.29, 1.82) is 0 Å². The number of carbonyl (C=O) groups excluding carboxylic acids is 1. The molecule has 152 valence electrons. The first-order valence-electron chi connectivity index (χ1n) is 8.33. The smallest absolute Gasteiger partial charge is 0.417 e. The van der Waals surface area contributed by atoms with Crippen molar-refractivity contribution >= 4 is 17.7 Å². The monoisotopic (exact) mass is 423 g/mol. The first-order valence-corrected chi connectivity index (χ1v) is 9.32. The van der Waals surface area contributed by atoms with Crippen molar-refractivity contribution in [2.75, 3.05) is 12.9 Å². The number of hydrogen-bond acceptors (Lipinski definition) is 6. The number of aromatic amines is 1. The summed E-state index contributed by atoms with van der Waals surface area (Å²) in [4.78, 5) is 20.0. The lowest BCUT2D eigenvalue weighted by atomic mass is 10.2. The molecule has 0 saturated carbocycles. The van der Waals surface area contributed by atoms with E-state index in [1.165, 1.54) is 6.07 Å². The predicted octanol–water partition coefficient (Wildman–Crippen LogP) is 3.30. The summed E-state index contributed by atoms with van der Waals surface area (Å²) in [5.74, 6) is 1.38. The number of hydrogen-bond donors (Lipinski definition) is 2. The number of halogens is 3. The normalized spacial score (nSPS) is 11.3. The molecule has 0 bridgehead atoms. The average molecular weight is 423 g/mol. The Balaban J connectivity index is 1.47. The zero-order valence-corrected chi connectivity index (χ0v) is 16.0. The Hall–Kier alpha value is -3.08. The largest absolute Gasteiger partial charge is 0.497 e. The third-order valence-corrected chi connectivity index (χ3v) is 4.69. The summed E-state index contributed by atoms with van der Waals surface area (Å²) in [7, 11) is 1.58. The molecule has 1 aromatic carbocycles. The molecular weight excluding hydrogens is 407 g/mol. The predicted molar refractivity (Wildman–Crippen MR) is 100 cm³/mol. The van der Waals surface area contributed by atoms with Crippen molar-refractivity contribution in [2.45, 2.75) is 17.7 Å². The van der Waals surface area contributed by atoms with E-state index in [2.05, 4.69) is 25.5 Å². The van der Waals surface area contributed by atoms with Crippen molar-refractivity contribution in [1.82, 2.24) is 25.5 Å². The molecule has 0 unspecified atom stereocenters. The van der Waals surface area contributed by atoms with Gasteiger partial charge in [0.15, 0.2) is 5.82 Å². The number of nitrogens with zero attached hydrogens (tertiary/aromatic N) is 3. The molecule has 2 N–H and O–H groups in total. The summed E-state index contributed by atoms with van der Waals surface area (Å²) in [6.07, 6.45) is -3.69. The molecule has 3 rings (SSSR count). The van der Waals surface area contributed by atoms with Gasteiger partial charge >= 0.3 is 6.18 Å². The number of benzene rings is 1. The Morgan fingerprint density at radius 3 is 2.59 bits per heavy atom. The van der Waals surface area contributed by atoms with Gasteiger partial charge in [-0.05, 0) is 36.4 Å². The quantitative estimate of drug-likeness (QED) is 0.567. The van der Waals surface area contributed by atoms with E-state index in [4.69, 9.17) is 4.74 Å². The van der Waals surface area contributed by atoms with E-state index in [1.807, 2.05) is 12.1 Å². The van der Waals surface area contributed by atoms with Crippen molar-refractivity contribution in [3.05, 3.63) is 54.0 Å². The molecule has 2 heterocycles. The highest BCUT2D eigenvalue weighted by molar-refractivity contribution is 7.99. The lowest BCUT2D eigenvalue weighted by Gasteiger charge is -2.06. The number of ether oxygens (including phenoxy) is 1. The van der Waals surface area contributed by atoms with Crippen LogP contribution in [0.4, 0.5) is 13.2 Å². The minimum atomic E-state index is -4.44. The van der Waals surface area contributed by atoms with E-state index in [0.717, 1.165) is 35.3 Å². The molecule has 3 aromatic rings. The lowest BCUT2D eigenvalue weighted by Crippen LogP contribution is -2.25. The van der Waals surface area contributed by atoms with E-state index in [9.17, 15) is 18.0 Å². The van der Waals surface area contributed by atoms with Crippen molar-refractivity contribution < 1.29 is 22.7 Å². The minimum Gasteiger partial charge on any atom is -0.497 e. The van der Waals surface area contributed by atoms with Crippen LogP contribution < -0.4 is 10.1 Å². The Bertz CT molecular complexity index is 959. The van der Waals surface area contributed by atoms with E-state index in [0.29, 0.717) is 16.7 Å². The molecule has 0 aliphatic heterocycles. The molecule has 1 amide bonds. The summed E-state index contributed by atoms with van der Waals surface area (Å²) in [5, 5.41) is 9.85. The number of aromatic nitrogens is 4. The van der Waals surface area contributed by atoms with Gasteiger partial charge in [0.25, 0.3) is 0 Å². The highest BCUT2D eigenvalue weighted by Gasteiger charge is 2.30. The van der Waals surface area contributed by atoms with Gasteiger partial charge < -0.3 is 10.1 Å². The van der Waals surface area contributed by atoms with Crippen LogP contribution in [0.5, 0.6) is 5.75 Å². The van der Waals surface area contributed by atoms with Gasteiger partial charge in [0.1, 0.15) is 11.6 Å². The summed E-state index contributed by atoms with van der Waals surface area (Å²) in [5.41, 5.74) is -0.0344. The lowest BCUT2D eigenvalue weighted by molar-refractivity contribution is -0.137. The van der Waals surface area contributed by atoms with Gasteiger partial charge in [-0.25, -0.2) is 9.97 Å². The van der Waals surface area contributed by atoms with Crippen LogP contribution in [0.15, 0.2) is 47.6 Å². The summed E-state index contributed by atoms with van der Waals surface area (Å²) in [6, 6.07) is 9.39. The number of pyridine rings is 1. The topological polar surface area (TPSA) is 92.8 Å². The summed E-state index contributed by atoms with van der Waals surface area (Å²) < 4.78 is 42.6. The molecule has 0 aliphatic carbocycles. The van der Waals surface area contributed by atoms with E-state index in [1.54, 1.807) is 19.2 Å². The third-order valence-electron chi connectivity index (χ3n) is 3.75. The summed E-state index contributed by atoms with van der Waals surface area (Å²) in [6.45, 7) is 0.142. The second-order valence-corrected chi connectivity index (χ2v) is 6.78. The first kappa shape index (κ1) is 20.6. The van der Waals surface area contributed by atoms with E-state index < -0.39 is 11.7 Å². The fourth-order valence-electron chi connectivity index (χ4n) is 2.25. The number of methoxy groups -OCH3 is 1. The molecule has 0 fully saturated rings. The molecule has 0 radical (unpaired) electrons. The number of alkyl halides is 3. The van der Waals surface area contributed by atoms with Crippen molar-refractivity contribution in [3.63, 3.8) is 0 Å². The number of nitrogens with one attached hydrogen (secondary N) is 2. The van der Waals surface area contributed by atoms with Crippen LogP contribution >= 0.6 is 11.8 Å². The number of thioether (sulfide) groups is 1. The number of amides is 1. The maximum absolute atomic E-state index is 12.5. The van der Waals surface area contributed by atoms with Gasteiger partial charge in [-0.2, -0.15) is 18.3 Å². The molecule has 29 heavy (non-hydrogen) atoms. The van der Waals surface area contributed by atoms with Gasteiger partial charge in [-0.3, -0.25) is 9.89 Å². The highest BCUT2D eigenvalue weighted by Crippen LogP contribution is 2.29. The van der Waals surface area contributed by atoms with Gasteiger partial charge in [0.05, 0.1) is 30.0 Å². The van der Waals surface area contributed by atoms with E-state index in [-0.39, 0.29) is 18.2 Å². The van der Waals surface area contributed by atoms with Gasteiger partial charge in [-0.1, -0.05) is 11.8 Å². The standard InChI is InChI=1S/C18H16F3N5O2S/c1-28-13-5-2-11(3-6-13)17-24-14(25-26-17)9-22-15(27)10-29-16-7-4-12(8-23-16)18(19,20)21/h2-8H,9-10H2,1H3,(H,22,27)(H,24,25,26). The first-order chi connectivity index (χ1) is 13.8. The zero-order chi connectivity index (χ0) is 20.9. The fourth-order valence-corrected chi connectivity index (χ4v) is 2.92. The molecule has 0 saturated heterocycles. The number of rotatable bonds is 7. The molecule has 0 spiro atoms. The molecule has 0 atom stereocenters. The summed E-state index contributed by atoms with van der Waals surface area (Å²) >= 11 is 1.04. The third kappa shape index (κ3) is 5.70. The van der Waals surface area contributed by atoms with Crippen LogP contribution in [0.2, 0.25) is 0 Å². The molecule has 11 heteroatoms. The number of H-pyrrole nitrogens is 1. The zero-order valence-electron chi connectivity index (χ0n) is 15.2. The van der Waals surface area contributed by atoms with Crippen LogP contribution in [0.25, 0.3) is 11.4 Å².